The van der Waals surface area contributed by atoms with Gasteiger partial charge >= 0.3 is 0 Å². The van der Waals surface area contributed by atoms with Gasteiger partial charge in [0.15, 0.2) is 17.4 Å². The summed E-state index contributed by atoms with van der Waals surface area (Å²) in [5.74, 6) is 1.71. The van der Waals surface area contributed by atoms with E-state index < -0.39 is 0 Å². The van der Waals surface area contributed by atoms with Crippen LogP contribution in [0.5, 0.6) is 0 Å². The summed E-state index contributed by atoms with van der Waals surface area (Å²) in [6.07, 6.45) is 8.43. The molecule has 8 heteroatoms. The second-order valence-electron chi connectivity index (χ2n) is 8.40. The smallest absolute Gasteiger partial charge is 0.191 e. The van der Waals surface area contributed by atoms with Crippen LogP contribution in [0.1, 0.15) is 37.9 Å². The summed E-state index contributed by atoms with van der Waals surface area (Å²) in [7, 11) is 4.07. The second kappa shape index (κ2) is 9.09. The number of pyridine rings is 1. The first-order valence-corrected chi connectivity index (χ1v) is 10.9. The summed E-state index contributed by atoms with van der Waals surface area (Å²) in [6, 6.07) is 5.94. The average Bonchev–Trinajstić information content (AvgIpc) is 3.19. The zero-order chi connectivity index (χ0) is 20.1. The molecule has 0 aliphatic carbocycles. The molecule has 2 N–H and O–H groups in total. The molecular weight excluding hydrogens is 364 g/mol. The first-order chi connectivity index (χ1) is 14.2. The van der Waals surface area contributed by atoms with Crippen molar-refractivity contribution in [1.82, 2.24) is 35.0 Å². The number of nitrogens with one attached hydrogen (secondary N) is 2. The lowest BCUT2D eigenvalue weighted by Gasteiger charge is -2.50. The zero-order valence-electron chi connectivity index (χ0n) is 17.8. The number of nitrogens with zero attached hydrogens (tertiary/aromatic N) is 6. The molecule has 2 aliphatic heterocycles. The van der Waals surface area contributed by atoms with E-state index in [1.807, 2.05) is 35.8 Å². The Labute approximate surface area is 173 Å². The topological polar surface area (TPSA) is 73.1 Å². The number of fused-ring (bicyclic) bond motifs is 1. The largest absolute Gasteiger partial charge is 0.355 e. The summed E-state index contributed by atoms with van der Waals surface area (Å²) in [4.78, 5) is 9.65. The Morgan fingerprint density at radius 2 is 1.86 bits per heavy atom. The number of hydrogen-bond donors (Lipinski definition) is 2. The molecule has 2 aromatic rings. The maximum absolute atomic E-state index is 4.45. The standard InChI is InChI=1S/C21H34N8/c1-22-20(23-16-19-26-25-18-8-4-7-13-29(18)19)24-17-21(9-14-27(2)15-10-21)28-11-5-3-6-12-28/h4,7-8,13H,3,5-6,9-12,14-17H2,1-2H3,(H2,22,23,24). The molecule has 0 saturated carbocycles. The van der Waals surface area contributed by atoms with Gasteiger partial charge < -0.3 is 15.5 Å². The SMILES string of the molecule is CN=C(NCc1nnc2ccccn12)NCC1(N2CCCCC2)CCN(C)CC1. The van der Waals surface area contributed by atoms with Crippen LogP contribution < -0.4 is 10.6 Å². The second-order valence-corrected chi connectivity index (χ2v) is 8.40. The monoisotopic (exact) mass is 398 g/mol. The minimum Gasteiger partial charge on any atom is -0.355 e. The molecule has 0 amide bonds. The van der Waals surface area contributed by atoms with E-state index in [0.717, 1.165) is 37.1 Å². The molecule has 0 radical (unpaired) electrons. The van der Waals surface area contributed by atoms with E-state index in [0.29, 0.717) is 6.54 Å². The third kappa shape index (κ3) is 4.53. The normalized spacial score (nSPS) is 21.4. The van der Waals surface area contributed by atoms with E-state index in [9.17, 15) is 0 Å². The molecular formula is C21H34N8. The van der Waals surface area contributed by atoms with E-state index in [4.69, 9.17) is 0 Å². The van der Waals surface area contributed by atoms with Gasteiger partial charge in [-0.1, -0.05) is 12.5 Å². The Balaban J connectivity index is 1.39. The Kier molecular flexibility index (Phi) is 6.30. The van der Waals surface area contributed by atoms with Crippen molar-refractivity contribution in [3.63, 3.8) is 0 Å². The van der Waals surface area contributed by atoms with E-state index in [-0.39, 0.29) is 5.54 Å². The van der Waals surface area contributed by atoms with Gasteiger partial charge in [-0.25, -0.2) is 0 Å². The third-order valence-electron chi connectivity index (χ3n) is 6.55. The number of piperidine rings is 2. The lowest BCUT2D eigenvalue weighted by Crippen LogP contribution is -2.62. The number of guanidine groups is 1. The molecule has 2 aliphatic rings. The number of rotatable bonds is 5. The average molecular weight is 399 g/mol. The molecule has 2 saturated heterocycles. The maximum atomic E-state index is 4.45. The van der Waals surface area contributed by atoms with Crippen LogP contribution >= 0.6 is 0 Å². The fraction of sp³-hybridized carbons (Fsp3) is 0.667. The molecule has 158 valence electrons. The van der Waals surface area contributed by atoms with Gasteiger partial charge in [-0.3, -0.25) is 14.3 Å². The lowest BCUT2D eigenvalue weighted by atomic mass is 9.84. The molecule has 0 spiro atoms. The quantitative estimate of drug-likeness (QED) is 0.585. The van der Waals surface area contributed by atoms with Crippen LogP contribution in [0.2, 0.25) is 0 Å². The molecule has 0 aromatic carbocycles. The third-order valence-corrected chi connectivity index (χ3v) is 6.55. The Hall–Kier alpha value is -2.19. The van der Waals surface area contributed by atoms with Crippen LogP contribution in [0.25, 0.3) is 5.65 Å². The van der Waals surface area contributed by atoms with Crippen LogP contribution in [0.3, 0.4) is 0 Å². The van der Waals surface area contributed by atoms with E-state index in [1.165, 1.54) is 45.2 Å². The van der Waals surface area contributed by atoms with Crippen molar-refractivity contribution in [2.75, 3.05) is 46.8 Å². The van der Waals surface area contributed by atoms with Crippen LogP contribution in [-0.2, 0) is 6.54 Å². The van der Waals surface area contributed by atoms with Crippen molar-refractivity contribution in [1.29, 1.82) is 0 Å². The molecule has 0 bridgehead atoms. The van der Waals surface area contributed by atoms with E-state index >= 15 is 0 Å². The van der Waals surface area contributed by atoms with Gasteiger partial charge in [0, 0.05) is 25.3 Å². The molecule has 0 atom stereocenters. The van der Waals surface area contributed by atoms with Crippen molar-refractivity contribution >= 4 is 11.6 Å². The minimum absolute atomic E-state index is 0.228. The summed E-state index contributed by atoms with van der Waals surface area (Å²) in [5.41, 5.74) is 1.09. The summed E-state index contributed by atoms with van der Waals surface area (Å²) in [5, 5.41) is 15.6. The maximum Gasteiger partial charge on any atom is 0.191 e. The summed E-state index contributed by atoms with van der Waals surface area (Å²) < 4.78 is 2.01. The fourth-order valence-electron chi connectivity index (χ4n) is 4.65. The fourth-order valence-corrected chi connectivity index (χ4v) is 4.65. The van der Waals surface area contributed by atoms with Crippen LogP contribution in [0, 0.1) is 0 Å². The van der Waals surface area contributed by atoms with E-state index in [2.05, 4.69) is 42.7 Å². The van der Waals surface area contributed by atoms with E-state index in [1.54, 1.807) is 0 Å². The number of aromatic nitrogens is 3. The highest BCUT2D eigenvalue weighted by atomic mass is 15.3. The molecule has 4 heterocycles. The molecule has 2 aromatic heterocycles. The van der Waals surface area contributed by atoms with Gasteiger partial charge in [0.2, 0.25) is 0 Å². The van der Waals surface area contributed by atoms with Gasteiger partial charge in [-0.15, -0.1) is 10.2 Å². The minimum atomic E-state index is 0.228. The van der Waals surface area contributed by atoms with Gasteiger partial charge in [0.1, 0.15) is 0 Å². The first kappa shape index (κ1) is 20.1. The van der Waals surface area contributed by atoms with Gasteiger partial charge in [-0.05, 0) is 71.0 Å². The molecule has 2 fully saturated rings. The summed E-state index contributed by atoms with van der Waals surface area (Å²) in [6.45, 7) is 6.30. The van der Waals surface area contributed by atoms with Crippen molar-refractivity contribution in [2.45, 2.75) is 44.2 Å². The van der Waals surface area contributed by atoms with Gasteiger partial charge in [-0.2, -0.15) is 0 Å². The first-order valence-electron chi connectivity index (χ1n) is 10.9. The van der Waals surface area contributed by atoms with Crippen LogP contribution in [0.4, 0.5) is 0 Å². The zero-order valence-corrected chi connectivity index (χ0v) is 17.8. The number of likely N-dealkylation sites (tertiary alicyclic amines) is 2. The molecule has 8 nitrogen and oxygen atoms in total. The molecule has 4 rings (SSSR count). The predicted molar refractivity (Wildman–Crippen MR) is 116 cm³/mol. The van der Waals surface area contributed by atoms with Crippen molar-refractivity contribution in [3.05, 3.63) is 30.2 Å². The Morgan fingerprint density at radius 3 is 2.62 bits per heavy atom. The van der Waals surface area contributed by atoms with Crippen molar-refractivity contribution in [2.24, 2.45) is 4.99 Å². The molecule has 0 unspecified atom stereocenters. The van der Waals surface area contributed by atoms with Crippen molar-refractivity contribution in [3.8, 4) is 0 Å². The molecule has 29 heavy (non-hydrogen) atoms. The van der Waals surface area contributed by atoms with Gasteiger partial charge in [0.25, 0.3) is 0 Å². The number of aliphatic imine (C=N–C) groups is 1. The highest BCUT2D eigenvalue weighted by molar-refractivity contribution is 5.79. The predicted octanol–water partition coefficient (Wildman–Crippen LogP) is 1.34. The lowest BCUT2D eigenvalue weighted by molar-refractivity contribution is 0.0173. The van der Waals surface area contributed by atoms with Crippen molar-refractivity contribution < 1.29 is 0 Å². The Morgan fingerprint density at radius 1 is 1.07 bits per heavy atom. The van der Waals surface area contributed by atoms with Crippen LogP contribution in [0.15, 0.2) is 29.4 Å². The highest BCUT2D eigenvalue weighted by Crippen LogP contribution is 2.30. The highest BCUT2D eigenvalue weighted by Gasteiger charge is 2.39. The summed E-state index contributed by atoms with van der Waals surface area (Å²) >= 11 is 0. The number of hydrogen-bond acceptors (Lipinski definition) is 5. The van der Waals surface area contributed by atoms with Crippen LogP contribution in [-0.4, -0.2) is 82.7 Å². The van der Waals surface area contributed by atoms with Gasteiger partial charge in [0.05, 0.1) is 6.54 Å². The Bertz CT molecular complexity index is 815.